The van der Waals surface area contributed by atoms with E-state index in [1.807, 2.05) is 6.07 Å². The van der Waals surface area contributed by atoms with Gasteiger partial charge in [0, 0.05) is 26.4 Å². The Bertz CT molecular complexity index is 662. The summed E-state index contributed by atoms with van der Waals surface area (Å²) in [7, 11) is 0. The fourth-order valence-electron chi connectivity index (χ4n) is 1.63. The standard InChI is InChI=1S/C14H12BrClN2O2/c15-9-2-1-8(12(16)5-9)7-20-14(19)11-4-3-10(17)6-13(11)18/h1-6H,7,17-18H2. The van der Waals surface area contributed by atoms with Gasteiger partial charge in [0.05, 0.1) is 5.56 Å². The van der Waals surface area contributed by atoms with E-state index in [1.54, 1.807) is 18.2 Å². The Kier molecular flexibility index (Phi) is 4.52. The van der Waals surface area contributed by atoms with Crippen molar-refractivity contribution in [2.75, 3.05) is 11.5 Å². The van der Waals surface area contributed by atoms with E-state index < -0.39 is 5.97 Å². The molecule has 0 unspecified atom stereocenters. The topological polar surface area (TPSA) is 78.3 Å². The number of carbonyl (C=O) groups is 1. The number of benzene rings is 2. The van der Waals surface area contributed by atoms with Crippen LogP contribution in [0.15, 0.2) is 40.9 Å². The molecule has 4 N–H and O–H groups in total. The molecule has 0 aliphatic rings. The minimum absolute atomic E-state index is 0.0781. The number of carbonyl (C=O) groups excluding carboxylic acids is 1. The van der Waals surface area contributed by atoms with Gasteiger partial charge < -0.3 is 16.2 Å². The molecule has 0 atom stereocenters. The average molecular weight is 356 g/mol. The Morgan fingerprint density at radius 2 is 1.95 bits per heavy atom. The van der Waals surface area contributed by atoms with Crippen molar-refractivity contribution in [3.63, 3.8) is 0 Å². The number of nitrogen functional groups attached to an aromatic ring is 2. The Morgan fingerprint density at radius 1 is 1.20 bits per heavy atom. The molecule has 2 aromatic carbocycles. The maximum Gasteiger partial charge on any atom is 0.340 e. The number of nitrogens with two attached hydrogens (primary N) is 2. The molecule has 0 aliphatic heterocycles. The molecule has 0 saturated heterocycles. The predicted molar refractivity (Wildman–Crippen MR) is 83.5 cm³/mol. The SMILES string of the molecule is Nc1ccc(C(=O)OCc2ccc(Br)cc2Cl)c(N)c1. The summed E-state index contributed by atoms with van der Waals surface area (Å²) in [5.74, 6) is -0.513. The highest BCUT2D eigenvalue weighted by Gasteiger charge is 2.12. The van der Waals surface area contributed by atoms with E-state index >= 15 is 0 Å². The van der Waals surface area contributed by atoms with Gasteiger partial charge in [-0.25, -0.2) is 4.79 Å². The van der Waals surface area contributed by atoms with Crippen LogP contribution in [0.1, 0.15) is 15.9 Å². The fourth-order valence-corrected chi connectivity index (χ4v) is 2.35. The smallest absolute Gasteiger partial charge is 0.340 e. The van der Waals surface area contributed by atoms with Gasteiger partial charge in [-0.2, -0.15) is 0 Å². The molecule has 0 aliphatic carbocycles. The van der Waals surface area contributed by atoms with Gasteiger partial charge in [-0.1, -0.05) is 33.6 Å². The molecule has 0 radical (unpaired) electrons. The highest BCUT2D eigenvalue weighted by atomic mass is 79.9. The zero-order chi connectivity index (χ0) is 14.7. The van der Waals surface area contributed by atoms with Crippen LogP contribution in [0.4, 0.5) is 11.4 Å². The number of hydrogen-bond acceptors (Lipinski definition) is 4. The Balaban J connectivity index is 2.08. The molecule has 2 rings (SSSR count). The van der Waals surface area contributed by atoms with Crippen LogP contribution >= 0.6 is 27.5 Å². The normalized spacial score (nSPS) is 10.3. The highest BCUT2D eigenvalue weighted by Crippen LogP contribution is 2.23. The van der Waals surface area contributed by atoms with Gasteiger partial charge in [0.2, 0.25) is 0 Å². The van der Waals surface area contributed by atoms with Crippen LogP contribution in [0, 0.1) is 0 Å². The molecule has 20 heavy (non-hydrogen) atoms. The summed E-state index contributed by atoms with van der Waals surface area (Å²) in [6, 6.07) is 10.00. The summed E-state index contributed by atoms with van der Waals surface area (Å²) >= 11 is 9.36. The summed E-state index contributed by atoms with van der Waals surface area (Å²) in [5, 5.41) is 0.525. The van der Waals surface area contributed by atoms with E-state index in [2.05, 4.69) is 15.9 Å². The van der Waals surface area contributed by atoms with E-state index in [0.29, 0.717) is 10.7 Å². The molecule has 0 heterocycles. The van der Waals surface area contributed by atoms with Crippen LogP contribution < -0.4 is 11.5 Å². The lowest BCUT2D eigenvalue weighted by atomic mass is 10.1. The summed E-state index contributed by atoms with van der Waals surface area (Å²) in [5.41, 5.74) is 13.1. The van der Waals surface area contributed by atoms with Crippen LogP contribution in [0.5, 0.6) is 0 Å². The second-order valence-corrected chi connectivity index (χ2v) is 5.48. The van der Waals surface area contributed by atoms with Gasteiger partial charge in [0.1, 0.15) is 6.61 Å². The Labute approximate surface area is 129 Å². The molecule has 2 aromatic rings. The van der Waals surface area contributed by atoms with E-state index in [1.165, 1.54) is 12.1 Å². The second-order valence-electron chi connectivity index (χ2n) is 4.16. The van der Waals surface area contributed by atoms with Crippen LogP contribution in [0.25, 0.3) is 0 Å². The molecule has 0 amide bonds. The minimum Gasteiger partial charge on any atom is -0.457 e. The van der Waals surface area contributed by atoms with Crippen LogP contribution in [-0.2, 0) is 11.3 Å². The van der Waals surface area contributed by atoms with Crippen molar-refractivity contribution in [2.45, 2.75) is 6.61 Å². The maximum atomic E-state index is 11.9. The molecule has 0 spiro atoms. The lowest BCUT2D eigenvalue weighted by Crippen LogP contribution is -2.09. The van der Waals surface area contributed by atoms with Crippen molar-refractivity contribution < 1.29 is 9.53 Å². The zero-order valence-corrected chi connectivity index (χ0v) is 12.7. The first-order chi connectivity index (χ1) is 9.47. The first-order valence-electron chi connectivity index (χ1n) is 5.73. The minimum atomic E-state index is -0.513. The van der Waals surface area contributed by atoms with Crippen molar-refractivity contribution in [2.24, 2.45) is 0 Å². The van der Waals surface area contributed by atoms with E-state index in [4.69, 9.17) is 27.8 Å². The number of hydrogen-bond donors (Lipinski definition) is 2. The first-order valence-corrected chi connectivity index (χ1v) is 6.90. The average Bonchev–Trinajstić information content (AvgIpc) is 2.37. The summed E-state index contributed by atoms with van der Waals surface area (Å²) in [6.07, 6.45) is 0. The summed E-state index contributed by atoms with van der Waals surface area (Å²) in [4.78, 5) is 11.9. The van der Waals surface area contributed by atoms with Crippen LogP contribution in [-0.4, -0.2) is 5.97 Å². The predicted octanol–water partition coefficient (Wildman–Crippen LogP) is 3.62. The lowest BCUT2D eigenvalue weighted by molar-refractivity contribution is 0.0474. The number of ether oxygens (including phenoxy) is 1. The molecule has 0 saturated carbocycles. The number of esters is 1. The van der Waals surface area contributed by atoms with Gasteiger partial charge >= 0.3 is 5.97 Å². The van der Waals surface area contributed by atoms with Gasteiger partial charge in [-0.05, 0) is 30.3 Å². The molecular weight excluding hydrogens is 344 g/mol. The number of halogens is 2. The third-order valence-corrected chi connectivity index (χ3v) is 3.51. The van der Waals surface area contributed by atoms with E-state index in [9.17, 15) is 4.79 Å². The van der Waals surface area contributed by atoms with Crippen molar-refractivity contribution in [1.29, 1.82) is 0 Å². The van der Waals surface area contributed by atoms with Gasteiger partial charge in [-0.3, -0.25) is 0 Å². The van der Waals surface area contributed by atoms with E-state index in [-0.39, 0.29) is 17.9 Å². The molecular formula is C14H12BrClN2O2. The number of rotatable bonds is 3. The molecule has 0 bridgehead atoms. The molecule has 4 nitrogen and oxygen atoms in total. The molecule has 0 aromatic heterocycles. The largest absolute Gasteiger partial charge is 0.457 e. The first kappa shape index (κ1) is 14.7. The van der Waals surface area contributed by atoms with Gasteiger partial charge in [-0.15, -0.1) is 0 Å². The van der Waals surface area contributed by atoms with Crippen molar-refractivity contribution >= 4 is 44.9 Å². The summed E-state index contributed by atoms with van der Waals surface area (Å²) in [6.45, 7) is 0.0781. The lowest BCUT2D eigenvalue weighted by Gasteiger charge is -2.09. The second kappa shape index (κ2) is 6.15. The monoisotopic (exact) mass is 354 g/mol. The molecule has 6 heteroatoms. The zero-order valence-electron chi connectivity index (χ0n) is 10.4. The van der Waals surface area contributed by atoms with Gasteiger partial charge in [0.25, 0.3) is 0 Å². The van der Waals surface area contributed by atoms with Crippen molar-refractivity contribution in [3.8, 4) is 0 Å². The van der Waals surface area contributed by atoms with Crippen molar-refractivity contribution in [3.05, 3.63) is 57.0 Å². The van der Waals surface area contributed by atoms with E-state index in [0.717, 1.165) is 10.0 Å². The van der Waals surface area contributed by atoms with Crippen LogP contribution in [0.3, 0.4) is 0 Å². The maximum absolute atomic E-state index is 11.9. The van der Waals surface area contributed by atoms with Crippen LogP contribution in [0.2, 0.25) is 5.02 Å². The third-order valence-electron chi connectivity index (χ3n) is 2.67. The number of anilines is 2. The van der Waals surface area contributed by atoms with Gasteiger partial charge in [0.15, 0.2) is 0 Å². The Morgan fingerprint density at radius 3 is 2.60 bits per heavy atom. The highest BCUT2D eigenvalue weighted by molar-refractivity contribution is 9.10. The van der Waals surface area contributed by atoms with Crippen molar-refractivity contribution in [1.82, 2.24) is 0 Å². The molecule has 104 valence electrons. The Hall–Kier alpha value is -1.72. The molecule has 0 fully saturated rings. The quantitative estimate of drug-likeness (QED) is 0.651. The fraction of sp³-hybridized carbons (Fsp3) is 0.0714. The third kappa shape index (κ3) is 3.43. The summed E-state index contributed by atoms with van der Waals surface area (Å²) < 4.78 is 6.06.